The van der Waals surface area contributed by atoms with Crippen LogP contribution in [0.3, 0.4) is 0 Å². The van der Waals surface area contributed by atoms with Gasteiger partial charge in [-0.2, -0.15) is 5.26 Å². The monoisotopic (exact) mass is 327 g/mol. The number of methoxy groups -OCH3 is 2. The van der Waals surface area contributed by atoms with Crippen LogP contribution in [0.25, 0.3) is 0 Å². The normalized spacial score (nSPS) is 13.5. The topological polar surface area (TPSA) is 62.5 Å². The van der Waals surface area contributed by atoms with Gasteiger partial charge >= 0.3 is 0 Å². The number of aliphatic hydroxyl groups excluding tert-OH is 1. The molecule has 4 nitrogen and oxygen atoms in total. The summed E-state index contributed by atoms with van der Waals surface area (Å²) in [7, 11) is 3.09. The van der Waals surface area contributed by atoms with Crippen LogP contribution in [-0.2, 0) is 0 Å². The Labute approximate surface area is 122 Å². The van der Waals surface area contributed by atoms with Crippen molar-refractivity contribution < 1.29 is 14.6 Å². The zero-order valence-electron chi connectivity index (χ0n) is 11.3. The van der Waals surface area contributed by atoms with Gasteiger partial charge in [0, 0.05) is 4.47 Å². The molecule has 1 N–H and O–H groups in total. The van der Waals surface area contributed by atoms with Crippen molar-refractivity contribution in [3.05, 3.63) is 22.2 Å². The lowest BCUT2D eigenvalue weighted by Crippen LogP contribution is -2.11. The van der Waals surface area contributed by atoms with E-state index in [9.17, 15) is 5.11 Å². The third kappa shape index (κ3) is 3.62. The predicted octanol–water partition coefficient (Wildman–Crippen LogP) is 3.44. The summed E-state index contributed by atoms with van der Waals surface area (Å²) in [6.45, 7) is 1.99. The van der Waals surface area contributed by atoms with E-state index in [2.05, 4.69) is 22.0 Å². The molecule has 5 heteroatoms. The molecule has 104 valence electrons. The van der Waals surface area contributed by atoms with Crippen LogP contribution >= 0.6 is 15.9 Å². The van der Waals surface area contributed by atoms with E-state index in [1.165, 1.54) is 7.11 Å². The molecule has 0 amide bonds. The summed E-state index contributed by atoms with van der Waals surface area (Å²) in [4.78, 5) is 0. The van der Waals surface area contributed by atoms with E-state index in [-0.39, 0.29) is 0 Å². The number of hydrogen-bond donors (Lipinski definition) is 1. The van der Waals surface area contributed by atoms with Gasteiger partial charge < -0.3 is 14.6 Å². The minimum absolute atomic E-state index is 0.431. The van der Waals surface area contributed by atoms with Crippen molar-refractivity contribution in [1.29, 1.82) is 5.26 Å². The maximum absolute atomic E-state index is 10.3. The molecule has 0 aliphatic heterocycles. The molecule has 0 heterocycles. The number of nitrogens with zero attached hydrogens (tertiary/aromatic N) is 1. The first-order valence-corrected chi connectivity index (χ1v) is 6.87. The average Bonchev–Trinajstić information content (AvgIpc) is 2.43. The quantitative estimate of drug-likeness (QED) is 0.869. The second kappa shape index (κ2) is 7.37. The summed E-state index contributed by atoms with van der Waals surface area (Å²) in [6.07, 6.45) is 0.651. The largest absolute Gasteiger partial charge is 0.493 e. The van der Waals surface area contributed by atoms with E-state index in [0.717, 1.165) is 6.42 Å². The number of benzene rings is 1. The Morgan fingerprint density at radius 2 is 1.89 bits per heavy atom. The first kappa shape index (κ1) is 15.8. The highest BCUT2D eigenvalue weighted by atomic mass is 79.9. The zero-order chi connectivity index (χ0) is 14.4. The second-order valence-corrected chi connectivity index (χ2v) is 5.05. The predicted molar refractivity (Wildman–Crippen MR) is 76.2 cm³/mol. The molecule has 0 radical (unpaired) electrons. The van der Waals surface area contributed by atoms with Gasteiger partial charge in [-0.3, -0.25) is 0 Å². The molecule has 1 aromatic rings. The third-order valence-electron chi connectivity index (χ3n) is 2.97. The molecule has 0 bridgehead atoms. The number of rotatable bonds is 6. The Morgan fingerprint density at radius 3 is 2.37 bits per heavy atom. The fraction of sp³-hybridized carbons (Fsp3) is 0.500. The molecule has 0 spiro atoms. The maximum Gasteiger partial charge on any atom is 0.161 e. The van der Waals surface area contributed by atoms with Crippen LogP contribution < -0.4 is 9.47 Å². The number of hydrogen-bond acceptors (Lipinski definition) is 4. The molecule has 0 saturated heterocycles. The van der Waals surface area contributed by atoms with Crippen molar-refractivity contribution >= 4 is 15.9 Å². The van der Waals surface area contributed by atoms with Crippen molar-refractivity contribution in [1.82, 2.24) is 0 Å². The highest BCUT2D eigenvalue weighted by Crippen LogP contribution is 2.38. The summed E-state index contributed by atoms with van der Waals surface area (Å²) in [5, 5.41) is 19.5. The molecule has 0 fully saturated rings. The molecular weight excluding hydrogens is 310 g/mol. The Hall–Kier alpha value is -1.25. The molecule has 2 unspecified atom stereocenters. The van der Waals surface area contributed by atoms with Crippen LogP contribution in [0.5, 0.6) is 11.5 Å². The van der Waals surface area contributed by atoms with Gasteiger partial charge in [-0.1, -0.05) is 29.3 Å². The van der Waals surface area contributed by atoms with Crippen molar-refractivity contribution in [2.24, 2.45) is 5.92 Å². The number of ether oxygens (including phenoxy) is 2. The molecule has 0 aliphatic rings. The Bertz CT molecular complexity index is 470. The summed E-state index contributed by atoms with van der Waals surface area (Å²) in [5.74, 6) is 0.682. The maximum atomic E-state index is 10.3. The van der Waals surface area contributed by atoms with Crippen molar-refractivity contribution in [2.75, 3.05) is 14.2 Å². The van der Waals surface area contributed by atoms with Crippen LogP contribution in [0.1, 0.15) is 31.4 Å². The van der Waals surface area contributed by atoms with Gasteiger partial charge in [0.05, 0.1) is 32.3 Å². The lowest BCUT2D eigenvalue weighted by atomic mass is 9.93. The van der Waals surface area contributed by atoms with Gasteiger partial charge in [0.25, 0.3) is 0 Å². The molecule has 2 atom stereocenters. The van der Waals surface area contributed by atoms with E-state index in [4.69, 9.17) is 14.7 Å². The molecule has 0 aliphatic carbocycles. The van der Waals surface area contributed by atoms with Crippen LogP contribution in [0.4, 0.5) is 0 Å². The highest BCUT2D eigenvalue weighted by Gasteiger charge is 2.23. The molecular formula is C14H18BrNO3. The standard InChI is InChI=1S/C14H18BrNO3/c1-4-5-9(8-16)14(17)10-6-12(18-2)13(19-3)7-11(10)15/h6-7,9,14,17H,4-5H2,1-3H3. The summed E-state index contributed by atoms with van der Waals surface area (Å²) in [5.41, 5.74) is 0.637. The highest BCUT2D eigenvalue weighted by molar-refractivity contribution is 9.10. The van der Waals surface area contributed by atoms with Crippen molar-refractivity contribution in [2.45, 2.75) is 25.9 Å². The second-order valence-electron chi connectivity index (χ2n) is 4.20. The van der Waals surface area contributed by atoms with Crippen LogP contribution in [0.15, 0.2) is 16.6 Å². The van der Waals surface area contributed by atoms with Gasteiger partial charge in [-0.15, -0.1) is 0 Å². The van der Waals surface area contributed by atoms with Crippen LogP contribution in [0, 0.1) is 17.2 Å². The minimum atomic E-state index is -0.848. The van der Waals surface area contributed by atoms with Crippen molar-refractivity contribution in [3.8, 4) is 17.6 Å². The van der Waals surface area contributed by atoms with E-state index >= 15 is 0 Å². The molecule has 1 rings (SSSR count). The Balaban J connectivity index is 3.16. The Kier molecular flexibility index (Phi) is 6.13. The van der Waals surface area contributed by atoms with Gasteiger partial charge in [0.15, 0.2) is 11.5 Å². The first-order chi connectivity index (χ1) is 9.08. The smallest absolute Gasteiger partial charge is 0.161 e. The fourth-order valence-corrected chi connectivity index (χ4v) is 2.47. The SMILES string of the molecule is CCCC(C#N)C(O)c1cc(OC)c(OC)cc1Br. The van der Waals surface area contributed by atoms with E-state index in [0.29, 0.717) is 28.0 Å². The van der Waals surface area contributed by atoms with Gasteiger partial charge in [-0.05, 0) is 24.1 Å². The minimum Gasteiger partial charge on any atom is -0.493 e. The molecule has 19 heavy (non-hydrogen) atoms. The summed E-state index contributed by atoms with van der Waals surface area (Å²) in [6, 6.07) is 5.59. The number of aliphatic hydroxyl groups is 1. The lowest BCUT2D eigenvalue weighted by Gasteiger charge is -2.19. The number of halogens is 1. The molecule has 1 aromatic carbocycles. The number of nitriles is 1. The molecule has 0 aromatic heterocycles. The lowest BCUT2D eigenvalue weighted by molar-refractivity contribution is 0.128. The van der Waals surface area contributed by atoms with Gasteiger partial charge in [-0.25, -0.2) is 0 Å². The Morgan fingerprint density at radius 1 is 1.32 bits per heavy atom. The van der Waals surface area contributed by atoms with Gasteiger partial charge in [0.2, 0.25) is 0 Å². The third-order valence-corrected chi connectivity index (χ3v) is 3.65. The zero-order valence-corrected chi connectivity index (χ0v) is 12.9. The van der Waals surface area contributed by atoms with Gasteiger partial charge in [0.1, 0.15) is 0 Å². The van der Waals surface area contributed by atoms with Crippen LogP contribution in [-0.4, -0.2) is 19.3 Å². The van der Waals surface area contributed by atoms with E-state index < -0.39 is 12.0 Å². The van der Waals surface area contributed by atoms with Crippen molar-refractivity contribution in [3.63, 3.8) is 0 Å². The average molecular weight is 328 g/mol. The first-order valence-electron chi connectivity index (χ1n) is 6.08. The van der Waals surface area contributed by atoms with E-state index in [1.807, 2.05) is 6.92 Å². The summed E-state index contributed by atoms with van der Waals surface area (Å²) < 4.78 is 11.1. The molecule has 0 saturated carbocycles. The fourth-order valence-electron chi connectivity index (χ4n) is 1.92. The summed E-state index contributed by atoms with van der Waals surface area (Å²) >= 11 is 3.40. The van der Waals surface area contributed by atoms with E-state index in [1.54, 1.807) is 19.2 Å². The van der Waals surface area contributed by atoms with Crippen LogP contribution in [0.2, 0.25) is 0 Å².